The minimum Gasteiger partial charge on any atom is -0.497 e. The number of aryl methyl sites for hydroxylation is 1. The fourth-order valence-electron chi connectivity index (χ4n) is 1.61. The van der Waals surface area contributed by atoms with Gasteiger partial charge in [0.15, 0.2) is 0 Å². The first-order valence-corrected chi connectivity index (χ1v) is 6.03. The van der Waals surface area contributed by atoms with E-state index in [1.165, 1.54) is 0 Å². The van der Waals surface area contributed by atoms with Gasteiger partial charge in [-0.2, -0.15) is 0 Å². The monoisotopic (exact) mass is 282 g/mol. The molecule has 7 heteroatoms. The van der Waals surface area contributed by atoms with Gasteiger partial charge in [0.25, 0.3) is 0 Å². The summed E-state index contributed by atoms with van der Waals surface area (Å²) >= 11 is 0. The molecule has 1 rings (SSSR count). The van der Waals surface area contributed by atoms with E-state index in [0.29, 0.717) is 11.4 Å². The van der Waals surface area contributed by atoms with Crippen LogP contribution in [-0.2, 0) is 4.79 Å². The Labute approximate surface area is 116 Å². The molecule has 2 amide bonds. The van der Waals surface area contributed by atoms with Gasteiger partial charge in [-0.05, 0) is 30.7 Å². The van der Waals surface area contributed by atoms with Gasteiger partial charge in [-0.3, -0.25) is 0 Å². The van der Waals surface area contributed by atoms with Crippen molar-refractivity contribution in [1.82, 2.24) is 5.32 Å². The second kappa shape index (κ2) is 7.34. The number of carbonyl (C=O) groups is 2. The summed E-state index contributed by atoms with van der Waals surface area (Å²) in [5, 5.41) is 22.4. The Hall–Kier alpha value is -2.28. The number of ether oxygens (including phenoxy) is 1. The van der Waals surface area contributed by atoms with E-state index in [4.69, 9.17) is 14.9 Å². The number of carboxylic acids is 1. The molecule has 4 N–H and O–H groups in total. The van der Waals surface area contributed by atoms with Crippen molar-refractivity contribution in [2.45, 2.75) is 19.4 Å². The predicted octanol–water partition coefficient (Wildman–Crippen LogP) is 0.961. The Morgan fingerprint density at radius 1 is 1.40 bits per heavy atom. The average Bonchev–Trinajstić information content (AvgIpc) is 2.40. The highest BCUT2D eigenvalue weighted by Crippen LogP contribution is 2.20. The van der Waals surface area contributed by atoms with Crippen molar-refractivity contribution in [3.05, 3.63) is 23.8 Å². The fraction of sp³-hybridized carbons (Fsp3) is 0.385. The Kier molecular flexibility index (Phi) is 5.79. The number of rotatable bonds is 6. The van der Waals surface area contributed by atoms with Crippen LogP contribution in [0.3, 0.4) is 0 Å². The largest absolute Gasteiger partial charge is 0.497 e. The van der Waals surface area contributed by atoms with Crippen molar-refractivity contribution in [2.24, 2.45) is 0 Å². The standard InChI is InChI=1S/C13H18N2O5/c1-8-7-9(20-2)3-4-10(8)14-13(19)15-11(5-6-16)12(17)18/h3-4,7,11,16H,5-6H2,1-2H3,(H,17,18)(H2,14,15,19)/t11-/m1/s1. The summed E-state index contributed by atoms with van der Waals surface area (Å²) in [6.07, 6.45) is -0.0512. The molecule has 0 unspecified atom stereocenters. The van der Waals surface area contributed by atoms with Crippen LogP contribution < -0.4 is 15.4 Å². The number of aliphatic carboxylic acids is 1. The molecular weight excluding hydrogens is 264 g/mol. The number of aliphatic hydroxyl groups is 1. The van der Waals surface area contributed by atoms with Crippen LogP contribution in [-0.4, -0.2) is 42.0 Å². The van der Waals surface area contributed by atoms with Gasteiger partial charge in [0.05, 0.1) is 7.11 Å². The van der Waals surface area contributed by atoms with Crippen LogP contribution in [0.25, 0.3) is 0 Å². The van der Waals surface area contributed by atoms with Gasteiger partial charge < -0.3 is 25.6 Å². The number of urea groups is 1. The molecule has 0 aliphatic rings. The smallest absolute Gasteiger partial charge is 0.326 e. The van der Waals surface area contributed by atoms with Gasteiger partial charge in [-0.15, -0.1) is 0 Å². The minimum absolute atomic E-state index is 0.0512. The number of benzene rings is 1. The summed E-state index contributed by atoms with van der Waals surface area (Å²) in [6.45, 7) is 1.47. The molecule has 20 heavy (non-hydrogen) atoms. The van der Waals surface area contributed by atoms with Crippen LogP contribution in [0.4, 0.5) is 10.5 Å². The Bertz CT molecular complexity index is 490. The molecule has 0 spiro atoms. The molecule has 1 atom stereocenters. The van der Waals surface area contributed by atoms with E-state index in [1.807, 2.05) is 0 Å². The second-order valence-electron chi connectivity index (χ2n) is 4.18. The molecule has 0 radical (unpaired) electrons. The molecule has 0 aliphatic heterocycles. The number of hydrogen-bond acceptors (Lipinski definition) is 4. The lowest BCUT2D eigenvalue weighted by molar-refractivity contribution is -0.139. The fourth-order valence-corrected chi connectivity index (χ4v) is 1.61. The summed E-state index contributed by atoms with van der Waals surface area (Å²) in [6, 6.07) is 3.33. The quantitative estimate of drug-likeness (QED) is 0.621. The van der Waals surface area contributed by atoms with E-state index in [9.17, 15) is 9.59 Å². The number of carbonyl (C=O) groups excluding carboxylic acids is 1. The molecule has 0 saturated heterocycles. The maximum atomic E-state index is 11.7. The first-order chi connectivity index (χ1) is 9.47. The highest BCUT2D eigenvalue weighted by molar-refractivity contribution is 5.92. The normalized spacial score (nSPS) is 11.6. The topological polar surface area (TPSA) is 108 Å². The molecule has 0 heterocycles. The van der Waals surface area contributed by atoms with Gasteiger partial charge >= 0.3 is 12.0 Å². The molecule has 0 fully saturated rings. The minimum atomic E-state index is -1.19. The number of hydrogen-bond donors (Lipinski definition) is 4. The van der Waals surface area contributed by atoms with Gasteiger partial charge in [-0.1, -0.05) is 0 Å². The molecule has 0 aliphatic carbocycles. The third-order valence-electron chi connectivity index (χ3n) is 2.70. The number of carboxylic acid groups (broad SMARTS) is 1. The maximum absolute atomic E-state index is 11.7. The van der Waals surface area contributed by atoms with Crippen LogP contribution in [0.5, 0.6) is 5.75 Å². The molecule has 1 aromatic carbocycles. The predicted molar refractivity (Wildman–Crippen MR) is 73.0 cm³/mol. The van der Waals surface area contributed by atoms with Crippen molar-refractivity contribution >= 4 is 17.7 Å². The van der Waals surface area contributed by atoms with E-state index >= 15 is 0 Å². The molecule has 7 nitrogen and oxygen atoms in total. The Balaban J connectivity index is 2.68. The van der Waals surface area contributed by atoms with Gasteiger partial charge in [0, 0.05) is 18.7 Å². The van der Waals surface area contributed by atoms with E-state index < -0.39 is 18.0 Å². The number of nitrogens with one attached hydrogen (secondary N) is 2. The zero-order chi connectivity index (χ0) is 15.1. The van der Waals surface area contributed by atoms with Crippen LogP contribution in [0.2, 0.25) is 0 Å². The summed E-state index contributed by atoms with van der Waals surface area (Å²) in [7, 11) is 1.54. The summed E-state index contributed by atoms with van der Waals surface area (Å²) in [4.78, 5) is 22.6. The highest BCUT2D eigenvalue weighted by atomic mass is 16.5. The second-order valence-corrected chi connectivity index (χ2v) is 4.18. The number of methoxy groups -OCH3 is 1. The third kappa shape index (κ3) is 4.43. The summed E-state index contributed by atoms with van der Waals surface area (Å²) in [5.74, 6) is -0.530. The van der Waals surface area contributed by atoms with E-state index in [1.54, 1.807) is 32.2 Å². The van der Waals surface area contributed by atoms with Crippen LogP contribution in [0.15, 0.2) is 18.2 Å². The Morgan fingerprint density at radius 2 is 2.10 bits per heavy atom. The van der Waals surface area contributed by atoms with E-state index in [2.05, 4.69) is 10.6 Å². The zero-order valence-electron chi connectivity index (χ0n) is 11.3. The molecule has 110 valence electrons. The van der Waals surface area contributed by atoms with Crippen LogP contribution in [0.1, 0.15) is 12.0 Å². The first-order valence-electron chi connectivity index (χ1n) is 6.03. The van der Waals surface area contributed by atoms with Gasteiger partial charge in [-0.25, -0.2) is 9.59 Å². The van der Waals surface area contributed by atoms with E-state index in [-0.39, 0.29) is 13.0 Å². The van der Waals surface area contributed by atoms with Gasteiger partial charge in [0.2, 0.25) is 0 Å². The third-order valence-corrected chi connectivity index (χ3v) is 2.70. The summed E-state index contributed by atoms with van der Waals surface area (Å²) in [5.41, 5.74) is 1.34. The van der Waals surface area contributed by atoms with Crippen molar-refractivity contribution in [3.63, 3.8) is 0 Å². The SMILES string of the molecule is COc1ccc(NC(=O)N[C@H](CCO)C(=O)O)c(C)c1. The van der Waals surface area contributed by atoms with Crippen molar-refractivity contribution < 1.29 is 24.5 Å². The number of aliphatic hydroxyl groups excluding tert-OH is 1. The molecule has 0 saturated carbocycles. The highest BCUT2D eigenvalue weighted by Gasteiger charge is 2.19. The lowest BCUT2D eigenvalue weighted by atomic mass is 10.2. The van der Waals surface area contributed by atoms with Crippen molar-refractivity contribution in [3.8, 4) is 5.75 Å². The Morgan fingerprint density at radius 3 is 2.60 bits per heavy atom. The van der Waals surface area contributed by atoms with Gasteiger partial charge in [0.1, 0.15) is 11.8 Å². The molecule has 0 aromatic heterocycles. The first kappa shape index (κ1) is 15.8. The lowest BCUT2D eigenvalue weighted by Crippen LogP contribution is -2.43. The van der Waals surface area contributed by atoms with Crippen molar-refractivity contribution in [2.75, 3.05) is 19.0 Å². The maximum Gasteiger partial charge on any atom is 0.326 e. The molecule has 0 bridgehead atoms. The number of amides is 2. The zero-order valence-corrected chi connectivity index (χ0v) is 11.3. The molecule has 1 aromatic rings. The van der Waals surface area contributed by atoms with Crippen LogP contribution >= 0.6 is 0 Å². The van der Waals surface area contributed by atoms with Crippen molar-refractivity contribution in [1.29, 1.82) is 0 Å². The molecular formula is C13H18N2O5. The van der Waals surface area contributed by atoms with Crippen LogP contribution in [0, 0.1) is 6.92 Å². The lowest BCUT2D eigenvalue weighted by Gasteiger charge is -2.15. The van der Waals surface area contributed by atoms with E-state index in [0.717, 1.165) is 5.56 Å². The average molecular weight is 282 g/mol. The summed E-state index contributed by atoms with van der Waals surface area (Å²) < 4.78 is 5.05. The number of anilines is 1.